The van der Waals surface area contributed by atoms with Crippen molar-refractivity contribution < 1.29 is 23.9 Å². The molecule has 0 aromatic heterocycles. The fourth-order valence-electron chi connectivity index (χ4n) is 2.50. The van der Waals surface area contributed by atoms with Crippen molar-refractivity contribution in [1.29, 1.82) is 0 Å². The number of carbonyl (C=O) groups is 2. The number of carbonyl (C=O) groups excluding carboxylic acids is 2. The topological polar surface area (TPSA) is 97.9 Å². The lowest BCUT2D eigenvalue weighted by Crippen LogP contribution is -2.54. The van der Waals surface area contributed by atoms with E-state index in [9.17, 15) is 9.59 Å². The fourth-order valence-corrected chi connectivity index (χ4v) is 2.89. The van der Waals surface area contributed by atoms with Crippen LogP contribution < -0.4 is 16.1 Å². The van der Waals surface area contributed by atoms with Crippen LogP contribution in [0.15, 0.2) is 41.0 Å². The molecule has 1 unspecified atom stereocenters. The van der Waals surface area contributed by atoms with E-state index in [1.54, 1.807) is 33.8 Å². The van der Waals surface area contributed by atoms with Crippen LogP contribution in [0.1, 0.15) is 33.3 Å². The maximum Gasteiger partial charge on any atom is 0.408 e. The van der Waals surface area contributed by atoms with Gasteiger partial charge < -0.3 is 20.1 Å². The van der Waals surface area contributed by atoms with Gasteiger partial charge in [-0.15, -0.1) is 0 Å². The fraction of sp³-hybridized carbons (Fsp3) is 0.500. The van der Waals surface area contributed by atoms with Gasteiger partial charge >= 0.3 is 6.09 Å². The Balaban J connectivity index is 1.98. The Bertz CT molecular complexity index is 721. The van der Waals surface area contributed by atoms with Crippen molar-refractivity contribution in [3.63, 3.8) is 0 Å². The van der Waals surface area contributed by atoms with Gasteiger partial charge in [0.2, 0.25) is 5.91 Å². The lowest BCUT2D eigenvalue weighted by Gasteiger charge is -2.27. The molecule has 0 radical (unpaired) electrons. The number of rotatable bonds is 8. The number of alkyl carbamates (subject to hydrolysis) is 1. The summed E-state index contributed by atoms with van der Waals surface area (Å²) in [6, 6.07) is 8.66. The Morgan fingerprint density at radius 2 is 1.97 bits per heavy atom. The monoisotopic (exact) mass is 469 g/mol. The summed E-state index contributed by atoms with van der Waals surface area (Å²) in [6.45, 7) is 7.55. The van der Waals surface area contributed by atoms with Gasteiger partial charge in [-0.1, -0.05) is 30.3 Å². The zero-order chi connectivity index (χ0) is 21.4. The largest absolute Gasteiger partial charge is 0.444 e. The van der Waals surface area contributed by atoms with Crippen molar-refractivity contribution in [3.8, 4) is 0 Å². The normalized spacial score (nSPS) is 18.2. The molecule has 1 aromatic carbocycles. The van der Waals surface area contributed by atoms with E-state index in [0.29, 0.717) is 11.2 Å². The standard InChI is InChI=1S/C20H28BrN3O5/c1-13(27-12-14-8-6-5-7-9-14)17(23-19(26)28-20(2,3)4)18(25)22-11-15-10-16(21)24-29-15/h5-10,13,15,17,24H,11-12H2,1-4H3,(H,22,25)(H,23,26)/t13-,15?,17+/m1/s1. The minimum Gasteiger partial charge on any atom is -0.444 e. The van der Waals surface area contributed by atoms with E-state index >= 15 is 0 Å². The smallest absolute Gasteiger partial charge is 0.408 e. The highest BCUT2D eigenvalue weighted by Gasteiger charge is 2.30. The third-order valence-electron chi connectivity index (χ3n) is 3.90. The molecule has 1 aliphatic rings. The molecule has 2 rings (SSSR count). The molecule has 9 heteroatoms. The first-order valence-electron chi connectivity index (χ1n) is 9.36. The van der Waals surface area contributed by atoms with E-state index in [1.807, 2.05) is 30.3 Å². The molecular formula is C20H28BrN3O5. The first-order chi connectivity index (χ1) is 13.6. The Morgan fingerprint density at radius 3 is 2.55 bits per heavy atom. The van der Waals surface area contributed by atoms with Crippen LogP contribution in [0.3, 0.4) is 0 Å². The molecule has 3 N–H and O–H groups in total. The first-order valence-corrected chi connectivity index (χ1v) is 10.1. The van der Waals surface area contributed by atoms with Crippen LogP contribution >= 0.6 is 15.9 Å². The molecule has 160 valence electrons. The van der Waals surface area contributed by atoms with Crippen LogP contribution in [0.5, 0.6) is 0 Å². The Hall–Kier alpha value is -2.10. The molecule has 8 nitrogen and oxygen atoms in total. The van der Waals surface area contributed by atoms with Gasteiger partial charge in [0.1, 0.15) is 22.4 Å². The van der Waals surface area contributed by atoms with Crippen LogP contribution in [0, 0.1) is 0 Å². The Morgan fingerprint density at radius 1 is 1.28 bits per heavy atom. The van der Waals surface area contributed by atoms with Gasteiger partial charge in [0, 0.05) is 0 Å². The predicted molar refractivity (Wildman–Crippen MR) is 112 cm³/mol. The van der Waals surface area contributed by atoms with E-state index in [4.69, 9.17) is 14.3 Å². The number of hydrogen-bond acceptors (Lipinski definition) is 6. The zero-order valence-corrected chi connectivity index (χ0v) is 18.6. The van der Waals surface area contributed by atoms with Crippen molar-refractivity contribution in [2.24, 2.45) is 0 Å². The molecule has 0 fully saturated rings. The van der Waals surface area contributed by atoms with Crippen LogP contribution in [0.25, 0.3) is 0 Å². The number of nitrogens with one attached hydrogen (secondary N) is 3. The van der Waals surface area contributed by atoms with Gasteiger partial charge in [0.25, 0.3) is 0 Å². The SMILES string of the molecule is C[C@@H](OCc1ccccc1)[C@H](NC(=O)OC(C)(C)C)C(=O)NCC1C=C(Br)NO1. The van der Waals surface area contributed by atoms with Gasteiger partial charge in [-0.05, 0) is 55.3 Å². The van der Waals surface area contributed by atoms with Crippen LogP contribution in [-0.4, -0.2) is 42.4 Å². The molecule has 0 bridgehead atoms. The number of halogens is 1. The summed E-state index contributed by atoms with van der Waals surface area (Å²) in [5, 5.41) is 5.39. The van der Waals surface area contributed by atoms with Crippen molar-refractivity contribution in [3.05, 3.63) is 46.6 Å². The number of ether oxygens (including phenoxy) is 2. The molecule has 1 heterocycles. The summed E-state index contributed by atoms with van der Waals surface area (Å²) in [6.07, 6.45) is 0.184. The van der Waals surface area contributed by atoms with Crippen molar-refractivity contribution in [2.75, 3.05) is 6.54 Å². The number of benzene rings is 1. The molecular weight excluding hydrogens is 442 g/mol. The highest BCUT2D eigenvalue weighted by Crippen LogP contribution is 2.12. The molecule has 0 spiro atoms. The molecule has 1 aliphatic heterocycles. The molecule has 2 amide bonds. The lowest BCUT2D eigenvalue weighted by atomic mass is 10.1. The number of hydroxylamine groups is 1. The van der Waals surface area contributed by atoms with Gasteiger partial charge in [0.15, 0.2) is 0 Å². The van der Waals surface area contributed by atoms with Crippen LogP contribution in [0.2, 0.25) is 0 Å². The summed E-state index contributed by atoms with van der Waals surface area (Å²) in [5.74, 6) is -0.392. The third kappa shape index (κ3) is 8.43. The zero-order valence-electron chi connectivity index (χ0n) is 17.0. The number of amides is 2. The van der Waals surface area contributed by atoms with E-state index in [-0.39, 0.29) is 12.6 Å². The third-order valence-corrected chi connectivity index (χ3v) is 4.32. The van der Waals surface area contributed by atoms with Crippen molar-refractivity contribution in [1.82, 2.24) is 16.1 Å². The highest BCUT2D eigenvalue weighted by molar-refractivity contribution is 9.11. The van der Waals surface area contributed by atoms with E-state index in [2.05, 4.69) is 32.0 Å². The second-order valence-corrected chi connectivity index (χ2v) is 8.50. The van der Waals surface area contributed by atoms with Crippen LogP contribution in [0.4, 0.5) is 4.79 Å². The Kier molecular flexibility index (Phi) is 8.48. The molecule has 0 aliphatic carbocycles. The molecule has 29 heavy (non-hydrogen) atoms. The minimum absolute atomic E-state index is 0.235. The molecule has 1 aromatic rings. The maximum atomic E-state index is 12.8. The van der Waals surface area contributed by atoms with E-state index in [1.165, 1.54) is 0 Å². The summed E-state index contributed by atoms with van der Waals surface area (Å²) in [7, 11) is 0. The maximum absolute atomic E-state index is 12.8. The summed E-state index contributed by atoms with van der Waals surface area (Å²) in [4.78, 5) is 30.3. The second kappa shape index (κ2) is 10.6. The Labute approximate surface area is 179 Å². The quantitative estimate of drug-likeness (QED) is 0.506. The van der Waals surface area contributed by atoms with Gasteiger partial charge in [0.05, 0.1) is 19.3 Å². The van der Waals surface area contributed by atoms with Gasteiger partial charge in [-0.25, -0.2) is 4.79 Å². The summed E-state index contributed by atoms with van der Waals surface area (Å²) in [5.41, 5.74) is 2.94. The van der Waals surface area contributed by atoms with Crippen molar-refractivity contribution >= 4 is 27.9 Å². The molecule has 0 saturated carbocycles. The second-order valence-electron chi connectivity index (χ2n) is 7.64. The van der Waals surface area contributed by atoms with Gasteiger partial charge in [-0.3, -0.25) is 15.1 Å². The molecule has 3 atom stereocenters. The predicted octanol–water partition coefficient (Wildman–Crippen LogP) is 2.74. The van der Waals surface area contributed by atoms with Crippen molar-refractivity contribution in [2.45, 2.75) is 58.2 Å². The summed E-state index contributed by atoms with van der Waals surface area (Å²) >= 11 is 3.26. The molecule has 0 saturated heterocycles. The lowest BCUT2D eigenvalue weighted by molar-refractivity contribution is -0.127. The average molecular weight is 470 g/mol. The number of hydrogen-bond donors (Lipinski definition) is 3. The van der Waals surface area contributed by atoms with E-state index < -0.39 is 29.7 Å². The highest BCUT2D eigenvalue weighted by atomic mass is 79.9. The van der Waals surface area contributed by atoms with Crippen LogP contribution in [-0.2, 0) is 25.7 Å². The van der Waals surface area contributed by atoms with E-state index in [0.717, 1.165) is 5.56 Å². The summed E-state index contributed by atoms with van der Waals surface area (Å²) < 4.78 is 11.8. The average Bonchev–Trinajstić information content (AvgIpc) is 3.07. The first kappa shape index (κ1) is 23.2. The van der Waals surface area contributed by atoms with Gasteiger partial charge in [-0.2, -0.15) is 0 Å². The minimum atomic E-state index is -0.935.